The number of ether oxygens (including phenoxy) is 1. The predicted octanol–water partition coefficient (Wildman–Crippen LogP) is 2.00. The van der Waals surface area contributed by atoms with Gasteiger partial charge in [0.05, 0.1) is 6.07 Å². The molecule has 1 saturated heterocycles. The fourth-order valence-corrected chi connectivity index (χ4v) is 3.35. The summed E-state index contributed by atoms with van der Waals surface area (Å²) in [5.74, 6) is 0. The van der Waals surface area contributed by atoms with Crippen molar-refractivity contribution in [1.29, 1.82) is 5.26 Å². The summed E-state index contributed by atoms with van der Waals surface area (Å²) in [5, 5.41) is 8.78. The first kappa shape index (κ1) is 6.91. The molecule has 1 aliphatic heterocycles. The molecule has 2 spiro atoms. The van der Waals surface area contributed by atoms with Crippen LogP contribution in [-0.4, -0.2) is 11.7 Å². The highest BCUT2D eigenvalue weighted by Crippen LogP contribution is 2.69. The van der Waals surface area contributed by atoms with Crippen LogP contribution in [0.4, 0.5) is 0 Å². The summed E-state index contributed by atoms with van der Waals surface area (Å²) in [4.78, 5) is 0. The Kier molecular flexibility index (Phi) is 1.07. The van der Waals surface area contributed by atoms with Crippen molar-refractivity contribution >= 4 is 0 Å². The maximum absolute atomic E-state index is 8.78. The average molecular weight is 163 g/mol. The second-order valence-electron chi connectivity index (χ2n) is 4.50. The van der Waals surface area contributed by atoms with Gasteiger partial charge in [-0.3, -0.25) is 0 Å². The summed E-state index contributed by atoms with van der Waals surface area (Å²) in [5.41, 5.74) is 0.506. The number of fused-ring (bicyclic) bond motifs is 1. The van der Waals surface area contributed by atoms with Crippen molar-refractivity contribution in [1.82, 2.24) is 0 Å². The van der Waals surface area contributed by atoms with Crippen LogP contribution in [0.15, 0.2) is 0 Å². The van der Waals surface area contributed by atoms with E-state index in [-0.39, 0.29) is 11.7 Å². The standard InChI is InChI=1S/C10H13NO/c11-7-8-10(12-8)6-5-9(10)3-1-2-4-9/h8H,1-6H2. The molecule has 2 unspecified atom stereocenters. The van der Waals surface area contributed by atoms with Gasteiger partial charge >= 0.3 is 0 Å². The first-order valence-electron chi connectivity index (χ1n) is 4.90. The number of rotatable bonds is 0. The van der Waals surface area contributed by atoms with E-state index in [1.165, 1.54) is 32.1 Å². The molecule has 1 heterocycles. The maximum atomic E-state index is 8.78. The molecule has 3 aliphatic rings. The van der Waals surface area contributed by atoms with Crippen molar-refractivity contribution in [2.24, 2.45) is 5.41 Å². The number of nitrogens with zero attached hydrogens (tertiary/aromatic N) is 1. The van der Waals surface area contributed by atoms with Crippen LogP contribution in [0.3, 0.4) is 0 Å². The molecule has 0 aromatic carbocycles. The largest absolute Gasteiger partial charge is 0.349 e. The highest BCUT2D eigenvalue weighted by Gasteiger charge is 2.74. The molecule has 2 atom stereocenters. The molecule has 0 aromatic heterocycles. The molecular weight excluding hydrogens is 150 g/mol. The Morgan fingerprint density at radius 1 is 1.17 bits per heavy atom. The van der Waals surface area contributed by atoms with E-state index >= 15 is 0 Å². The molecule has 3 fully saturated rings. The molecule has 0 amide bonds. The number of hydrogen-bond donors (Lipinski definition) is 0. The minimum atomic E-state index is -0.0515. The second-order valence-corrected chi connectivity index (χ2v) is 4.50. The van der Waals surface area contributed by atoms with Crippen LogP contribution in [-0.2, 0) is 4.74 Å². The van der Waals surface area contributed by atoms with E-state index in [2.05, 4.69) is 6.07 Å². The fraction of sp³-hybridized carbons (Fsp3) is 0.900. The number of hydrogen-bond acceptors (Lipinski definition) is 2. The van der Waals surface area contributed by atoms with Crippen molar-refractivity contribution < 1.29 is 4.74 Å². The minimum absolute atomic E-state index is 0.0515. The van der Waals surface area contributed by atoms with Gasteiger partial charge in [0, 0.05) is 5.41 Å². The van der Waals surface area contributed by atoms with Crippen molar-refractivity contribution in [2.45, 2.75) is 50.2 Å². The van der Waals surface area contributed by atoms with Crippen LogP contribution in [0.5, 0.6) is 0 Å². The van der Waals surface area contributed by atoms with Gasteiger partial charge in [0.2, 0.25) is 0 Å². The smallest absolute Gasteiger partial charge is 0.174 e. The summed E-state index contributed by atoms with van der Waals surface area (Å²) in [7, 11) is 0. The first-order chi connectivity index (χ1) is 5.83. The average Bonchev–Trinajstić information content (AvgIpc) is 2.65. The zero-order chi connectivity index (χ0) is 8.23. The van der Waals surface area contributed by atoms with E-state index in [1.807, 2.05) is 0 Å². The van der Waals surface area contributed by atoms with E-state index in [0.29, 0.717) is 5.41 Å². The van der Waals surface area contributed by atoms with Crippen molar-refractivity contribution in [3.63, 3.8) is 0 Å². The highest BCUT2D eigenvalue weighted by molar-refractivity contribution is 5.28. The van der Waals surface area contributed by atoms with E-state index in [0.717, 1.165) is 6.42 Å². The van der Waals surface area contributed by atoms with Gasteiger partial charge in [-0.05, 0) is 25.7 Å². The topological polar surface area (TPSA) is 36.3 Å². The van der Waals surface area contributed by atoms with E-state index < -0.39 is 0 Å². The zero-order valence-corrected chi connectivity index (χ0v) is 7.18. The Hall–Kier alpha value is -0.550. The lowest BCUT2D eigenvalue weighted by molar-refractivity contribution is -0.00115. The lowest BCUT2D eigenvalue weighted by Gasteiger charge is -2.45. The minimum Gasteiger partial charge on any atom is -0.349 e. The highest BCUT2D eigenvalue weighted by atomic mass is 16.6. The zero-order valence-electron chi connectivity index (χ0n) is 7.18. The van der Waals surface area contributed by atoms with Gasteiger partial charge in [0.25, 0.3) is 0 Å². The van der Waals surface area contributed by atoms with Gasteiger partial charge in [-0.1, -0.05) is 12.8 Å². The maximum Gasteiger partial charge on any atom is 0.174 e. The number of epoxide rings is 1. The second kappa shape index (κ2) is 1.85. The third-order valence-electron chi connectivity index (χ3n) is 4.25. The van der Waals surface area contributed by atoms with Crippen LogP contribution in [0, 0.1) is 16.7 Å². The molecule has 64 valence electrons. The Labute approximate surface area is 72.5 Å². The lowest BCUT2D eigenvalue weighted by Crippen LogP contribution is -2.47. The van der Waals surface area contributed by atoms with Crippen LogP contribution in [0.25, 0.3) is 0 Å². The molecule has 0 radical (unpaired) electrons. The predicted molar refractivity (Wildman–Crippen MR) is 43.4 cm³/mol. The molecule has 2 heteroatoms. The van der Waals surface area contributed by atoms with Gasteiger partial charge in [0.1, 0.15) is 5.60 Å². The molecule has 12 heavy (non-hydrogen) atoms. The Morgan fingerprint density at radius 2 is 1.92 bits per heavy atom. The van der Waals surface area contributed by atoms with Gasteiger partial charge in [-0.15, -0.1) is 0 Å². The van der Waals surface area contributed by atoms with Gasteiger partial charge < -0.3 is 4.74 Å². The van der Waals surface area contributed by atoms with Gasteiger partial charge in [-0.25, -0.2) is 0 Å². The summed E-state index contributed by atoms with van der Waals surface area (Å²) < 4.78 is 5.57. The van der Waals surface area contributed by atoms with Crippen molar-refractivity contribution in [2.75, 3.05) is 0 Å². The molecule has 0 aromatic rings. The fourth-order valence-electron chi connectivity index (χ4n) is 3.35. The Bertz CT molecular complexity index is 262. The van der Waals surface area contributed by atoms with Gasteiger partial charge in [-0.2, -0.15) is 5.26 Å². The third kappa shape index (κ3) is 0.537. The molecule has 0 N–H and O–H groups in total. The lowest BCUT2D eigenvalue weighted by atomic mass is 9.57. The number of nitriles is 1. The van der Waals surface area contributed by atoms with E-state index in [4.69, 9.17) is 10.00 Å². The molecule has 0 bridgehead atoms. The molecule has 2 saturated carbocycles. The molecule has 2 aliphatic carbocycles. The normalized spacial score (nSPS) is 47.4. The van der Waals surface area contributed by atoms with Gasteiger partial charge in [0.15, 0.2) is 6.10 Å². The van der Waals surface area contributed by atoms with Crippen LogP contribution < -0.4 is 0 Å². The molecule has 3 rings (SSSR count). The summed E-state index contributed by atoms with van der Waals surface area (Å²) in [6.45, 7) is 0. The Morgan fingerprint density at radius 3 is 2.33 bits per heavy atom. The van der Waals surface area contributed by atoms with E-state index in [1.54, 1.807) is 0 Å². The van der Waals surface area contributed by atoms with Crippen LogP contribution in [0.1, 0.15) is 38.5 Å². The monoisotopic (exact) mass is 163 g/mol. The Balaban J connectivity index is 1.87. The van der Waals surface area contributed by atoms with Crippen LogP contribution in [0.2, 0.25) is 0 Å². The summed E-state index contributed by atoms with van der Waals surface area (Å²) in [6, 6.07) is 2.26. The third-order valence-corrected chi connectivity index (χ3v) is 4.25. The first-order valence-corrected chi connectivity index (χ1v) is 4.90. The van der Waals surface area contributed by atoms with Crippen molar-refractivity contribution in [3.05, 3.63) is 0 Å². The summed E-state index contributed by atoms with van der Waals surface area (Å²) >= 11 is 0. The van der Waals surface area contributed by atoms with Crippen LogP contribution >= 0.6 is 0 Å². The quantitative estimate of drug-likeness (QED) is 0.512. The molecule has 2 nitrogen and oxygen atoms in total. The molecular formula is C10H13NO. The SMILES string of the molecule is N#CC1OC12CCC21CCCC1. The summed E-state index contributed by atoms with van der Waals surface area (Å²) in [6.07, 6.45) is 7.73. The van der Waals surface area contributed by atoms with Crippen molar-refractivity contribution in [3.8, 4) is 6.07 Å². The van der Waals surface area contributed by atoms with E-state index in [9.17, 15) is 0 Å².